The molecule has 0 amide bonds. The molecule has 1 saturated heterocycles. The number of amidine groups is 2. The predicted octanol–water partition coefficient (Wildman–Crippen LogP) is 5.51. The number of rotatable bonds is 7. The van der Waals surface area contributed by atoms with Gasteiger partial charge in [-0.15, -0.1) is 8.80 Å². The molecule has 202 valence electrons. The summed E-state index contributed by atoms with van der Waals surface area (Å²) in [6.07, 6.45) is 0. The molecule has 40 heavy (non-hydrogen) atoms. The Morgan fingerprint density at radius 2 is 1.15 bits per heavy atom. The van der Waals surface area contributed by atoms with E-state index in [0.717, 1.165) is 11.8 Å². The summed E-state index contributed by atoms with van der Waals surface area (Å²) >= 11 is 0.904. The largest absolute Gasteiger partial charge is 0.497 e. The lowest BCUT2D eigenvalue weighted by atomic mass is 10.2. The predicted molar refractivity (Wildman–Crippen MR) is 159 cm³/mol. The van der Waals surface area contributed by atoms with Crippen LogP contribution in [0.2, 0.25) is 0 Å². The molecule has 4 aromatic rings. The van der Waals surface area contributed by atoms with E-state index >= 15 is 0 Å². The fourth-order valence-electron chi connectivity index (χ4n) is 3.67. The number of thioether (sulfide) groups is 1. The molecule has 0 aromatic heterocycles. The molecule has 0 spiro atoms. The first-order valence-corrected chi connectivity index (χ1v) is 15.5. The van der Waals surface area contributed by atoms with E-state index in [-0.39, 0.29) is 25.8 Å². The molecule has 0 unspecified atom stereocenters. The summed E-state index contributed by atoms with van der Waals surface area (Å²) in [7, 11) is -6.96. The molecule has 0 N–H and O–H groups in total. The number of methoxy groups -OCH3 is 1. The summed E-state index contributed by atoms with van der Waals surface area (Å²) < 4.78 is 66.8. The average Bonchev–Trinajstić information content (AvgIpc) is 3.29. The highest BCUT2D eigenvalue weighted by molar-refractivity contribution is 8.30. The minimum Gasteiger partial charge on any atom is -0.497 e. The van der Waals surface area contributed by atoms with Gasteiger partial charge >= 0.3 is 0 Å². The van der Waals surface area contributed by atoms with Crippen LogP contribution in [0.4, 0.5) is 11.4 Å². The van der Waals surface area contributed by atoms with Crippen molar-refractivity contribution in [2.75, 3.05) is 12.0 Å². The summed E-state index contributed by atoms with van der Waals surface area (Å²) in [4.78, 5) is 6.06. The van der Waals surface area contributed by atoms with Gasteiger partial charge in [-0.3, -0.25) is 4.90 Å². The molecular formula is C28H22N4O5S3. The number of aliphatic imine (C=N–C) groups is 1. The second kappa shape index (κ2) is 11.5. The first-order valence-electron chi connectivity index (χ1n) is 11.8. The fourth-order valence-corrected chi connectivity index (χ4v) is 6.91. The zero-order chi connectivity index (χ0) is 28.2. The molecule has 0 saturated carbocycles. The van der Waals surface area contributed by atoms with Gasteiger partial charge in [0.1, 0.15) is 5.75 Å². The third kappa shape index (κ3) is 5.98. The summed E-state index contributed by atoms with van der Waals surface area (Å²) in [5.74, 6) is 0.376. The maximum absolute atomic E-state index is 13.4. The van der Waals surface area contributed by atoms with Crippen molar-refractivity contribution in [1.29, 1.82) is 0 Å². The van der Waals surface area contributed by atoms with E-state index in [0.29, 0.717) is 17.1 Å². The van der Waals surface area contributed by atoms with Crippen molar-refractivity contribution in [2.24, 2.45) is 13.8 Å². The smallest absolute Gasteiger partial charge is 0.284 e. The van der Waals surface area contributed by atoms with Gasteiger partial charge in [-0.2, -0.15) is 16.8 Å². The zero-order valence-corrected chi connectivity index (χ0v) is 23.5. The summed E-state index contributed by atoms with van der Waals surface area (Å²) in [6.45, 7) is 0. The van der Waals surface area contributed by atoms with Crippen LogP contribution in [-0.2, 0) is 20.0 Å². The molecule has 9 nitrogen and oxygen atoms in total. The minimum absolute atomic E-state index is 0.0437. The van der Waals surface area contributed by atoms with E-state index in [9.17, 15) is 16.8 Å². The average molecular weight is 591 g/mol. The monoisotopic (exact) mass is 590 g/mol. The van der Waals surface area contributed by atoms with Gasteiger partial charge in [0.2, 0.25) is 0 Å². The van der Waals surface area contributed by atoms with E-state index < -0.39 is 20.0 Å². The van der Waals surface area contributed by atoms with Crippen LogP contribution in [0, 0.1) is 0 Å². The van der Waals surface area contributed by atoms with Crippen molar-refractivity contribution < 1.29 is 21.6 Å². The Labute approximate surface area is 236 Å². The van der Waals surface area contributed by atoms with Crippen LogP contribution in [0.3, 0.4) is 0 Å². The third-order valence-corrected chi connectivity index (χ3v) is 9.20. The lowest BCUT2D eigenvalue weighted by molar-refractivity contribution is 0.415. The molecule has 0 aliphatic carbocycles. The Balaban J connectivity index is 1.75. The van der Waals surface area contributed by atoms with Gasteiger partial charge in [-0.25, -0.2) is 4.99 Å². The lowest BCUT2D eigenvalue weighted by Crippen LogP contribution is -2.32. The lowest BCUT2D eigenvalue weighted by Gasteiger charge is -2.19. The van der Waals surface area contributed by atoms with E-state index in [1.165, 1.54) is 36.3 Å². The number of para-hydroxylation sites is 1. The summed E-state index contributed by atoms with van der Waals surface area (Å²) in [6, 6.07) is 31.1. The Morgan fingerprint density at radius 1 is 0.650 bits per heavy atom. The second-order valence-electron chi connectivity index (χ2n) is 8.25. The highest BCUT2D eigenvalue weighted by atomic mass is 32.2. The Bertz CT molecular complexity index is 1810. The maximum Gasteiger partial charge on any atom is 0.284 e. The molecular weight excluding hydrogens is 569 g/mol. The van der Waals surface area contributed by atoms with Crippen LogP contribution in [0.5, 0.6) is 5.75 Å². The zero-order valence-electron chi connectivity index (χ0n) is 21.0. The Hall–Kier alpha value is -4.26. The first-order chi connectivity index (χ1) is 19.3. The van der Waals surface area contributed by atoms with Crippen LogP contribution in [0.25, 0.3) is 0 Å². The Morgan fingerprint density at radius 3 is 1.68 bits per heavy atom. The van der Waals surface area contributed by atoms with Gasteiger partial charge in [-0.1, -0.05) is 54.6 Å². The van der Waals surface area contributed by atoms with E-state index in [1.54, 1.807) is 84.9 Å². The van der Waals surface area contributed by atoms with Crippen molar-refractivity contribution in [2.45, 2.75) is 9.79 Å². The van der Waals surface area contributed by atoms with Crippen molar-refractivity contribution in [3.8, 4) is 5.75 Å². The van der Waals surface area contributed by atoms with E-state index in [1.807, 2.05) is 6.07 Å². The molecule has 4 aromatic carbocycles. The SMILES string of the molecule is COc1ccc(N2C(=Nc3ccccc3)SC(=NS(=O)(=O)c3ccccc3)C2=NS(=O)(=O)c2ccccc2)cc1. The molecule has 0 radical (unpaired) electrons. The number of hydrogen-bond donors (Lipinski definition) is 0. The number of anilines is 1. The number of nitrogens with zero attached hydrogens (tertiary/aromatic N) is 4. The molecule has 1 heterocycles. The fraction of sp³-hybridized carbons (Fsp3) is 0.0357. The molecule has 12 heteroatoms. The van der Waals surface area contributed by atoms with Crippen molar-refractivity contribution in [1.82, 2.24) is 0 Å². The highest BCUT2D eigenvalue weighted by Gasteiger charge is 2.38. The molecule has 5 rings (SSSR count). The van der Waals surface area contributed by atoms with Crippen LogP contribution in [-0.4, -0.2) is 40.0 Å². The van der Waals surface area contributed by atoms with Crippen LogP contribution >= 0.6 is 11.8 Å². The van der Waals surface area contributed by atoms with Crippen LogP contribution < -0.4 is 9.64 Å². The summed E-state index contributed by atoms with van der Waals surface area (Å²) in [5, 5.41) is 0.120. The van der Waals surface area contributed by atoms with E-state index in [2.05, 4.69) is 13.8 Å². The number of benzene rings is 4. The van der Waals surface area contributed by atoms with Gasteiger partial charge in [-0.05, 0) is 72.4 Å². The maximum atomic E-state index is 13.4. The van der Waals surface area contributed by atoms with Crippen LogP contribution in [0.15, 0.2) is 139 Å². The van der Waals surface area contributed by atoms with Gasteiger partial charge in [0.15, 0.2) is 16.0 Å². The van der Waals surface area contributed by atoms with Gasteiger partial charge in [0.25, 0.3) is 20.0 Å². The van der Waals surface area contributed by atoms with Crippen molar-refractivity contribution >= 4 is 59.2 Å². The standard InChI is InChI=1S/C28H22N4O5S3/c1-37-23-19-17-22(18-20-23)32-26(30-39(33,34)24-13-7-3-8-14-24)27(31-40(35,36)25-15-9-4-10-16-25)38-28(32)29-21-11-5-2-6-12-21/h2-20H,1H3. The third-order valence-electron chi connectivity index (χ3n) is 5.59. The Kier molecular flexibility index (Phi) is 7.83. The number of hydrogen-bond acceptors (Lipinski definition) is 7. The van der Waals surface area contributed by atoms with Gasteiger partial charge in [0.05, 0.1) is 22.6 Å². The first kappa shape index (κ1) is 27.3. The molecule has 1 aliphatic rings. The number of ether oxygens (including phenoxy) is 1. The second-order valence-corrected chi connectivity index (χ2v) is 12.4. The minimum atomic E-state index is -4.27. The van der Waals surface area contributed by atoms with E-state index in [4.69, 9.17) is 4.74 Å². The quantitative estimate of drug-likeness (QED) is 0.278. The normalized spacial score (nSPS) is 17.0. The van der Waals surface area contributed by atoms with Crippen molar-refractivity contribution in [3.05, 3.63) is 115 Å². The molecule has 1 aliphatic heterocycles. The number of sulfonamides is 2. The molecule has 0 atom stereocenters. The molecule has 1 fully saturated rings. The van der Waals surface area contributed by atoms with Crippen molar-refractivity contribution in [3.63, 3.8) is 0 Å². The topological polar surface area (TPSA) is 118 Å². The van der Waals surface area contributed by atoms with Gasteiger partial charge in [0, 0.05) is 5.69 Å². The van der Waals surface area contributed by atoms with Gasteiger partial charge < -0.3 is 4.74 Å². The summed E-state index contributed by atoms with van der Waals surface area (Å²) in [5.41, 5.74) is 1.05. The van der Waals surface area contributed by atoms with Crippen LogP contribution in [0.1, 0.15) is 0 Å². The highest BCUT2D eigenvalue weighted by Crippen LogP contribution is 2.34. The molecule has 0 bridgehead atoms.